The van der Waals surface area contributed by atoms with E-state index in [9.17, 15) is 0 Å². The molecule has 0 radical (unpaired) electrons. The van der Waals surface area contributed by atoms with E-state index in [0.29, 0.717) is 6.04 Å². The first-order valence-corrected chi connectivity index (χ1v) is 8.33. The normalized spacial score (nSPS) is 12.8. The van der Waals surface area contributed by atoms with E-state index in [2.05, 4.69) is 35.7 Å². The fourth-order valence-corrected chi connectivity index (χ4v) is 3.85. The van der Waals surface area contributed by atoms with Crippen LogP contribution in [0, 0.1) is 6.92 Å². The van der Waals surface area contributed by atoms with Crippen molar-refractivity contribution in [3.05, 3.63) is 38.3 Å². The number of nitrogens with zero attached hydrogens (tertiary/aromatic N) is 2. The van der Waals surface area contributed by atoms with Gasteiger partial charge in [-0.05, 0) is 44.3 Å². The summed E-state index contributed by atoms with van der Waals surface area (Å²) in [6.07, 6.45) is 1.94. The summed E-state index contributed by atoms with van der Waals surface area (Å²) in [6, 6.07) is 2.51. The highest BCUT2D eigenvalue weighted by Crippen LogP contribution is 2.30. The van der Waals surface area contributed by atoms with E-state index in [0.717, 1.165) is 35.8 Å². The molecule has 2 aromatic rings. The van der Waals surface area contributed by atoms with Gasteiger partial charge in [0.1, 0.15) is 0 Å². The number of rotatable bonds is 6. The summed E-state index contributed by atoms with van der Waals surface area (Å²) < 4.78 is 2.02. The molecule has 0 spiro atoms. The van der Waals surface area contributed by atoms with E-state index < -0.39 is 0 Å². The zero-order valence-corrected chi connectivity index (χ0v) is 14.1. The molecule has 20 heavy (non-hydrogen) atoms. The lowest BCUT2D eigenvalue weighted by atomic mass is 10.0. The molecule has 0 aromatic carbocycles. The molecule has 0 aliphatic rings. The molecule has 0 saturated carbocycles. The third-order valence-corrected chi connectivity index (χ3v) is 5.24. The molecule has 1 atom stereocenters. The molecule has 0 saturated heterocycles. The lowest BCUT2D eigenvalue weighted by Gasteiger charge is -2.17. The van der Waals surface area contributed by atoms with Crippen LogP contribution in [0.15, 0.2) is 11.4 Å². The first-order chi connectivity index (χ1) is 9.62. The average molecular weight is 312 g/mol. The summed E-state index contributed by atoms with van der Waals surface area (Å²) in [4.78, 5) is 1.41. The van der Waals surface area contributed by atoms with Gasteiger partial charge in [0.2, 0.25) is 0 Å². The number of hydrogen-bond acceptors (Lipinski definition) is 3. The lowest BCUT2D eigenvalue weighted by molar-refractivity contribution is 0.544. The Labute approximate surface area is 130 Å². The van der Waals surface area contributed by atoms with Gasteiger partial charge in [-0.2, -0.15) is 5.10 Å². The van der Waals surface area contributed by atoms with Gasteiger partial charge in [-0.25, -0.2) is 0 Å². The van der Waals surface area contributed by atoms with Crippen LogP contribution in [0.3, 0.4) is 0 Å². The molecular weight excluding hydrogens is 290 g/mol. The number of likely N-dealkylation sites (N-methyl/N-ethyl adjacent to an activating group) is 1. The third-order valence-electron chi connectivity index (χ3n) is 3.68. The smallest absolute Gasteiger partial charge is 0.0847 e. The zero-order chi connectivity index (χ0) is 14.7. The minimum absolute atomic E-state index is 0.295. The summed E-state index contributed by atoms with van der Waals surface area (Å²) >= 11 is 8.24. The summed E-state index contributed by atoms with van der Waals surface area (Å²) in [6.45, 7) is 7.12. The van der Waals surface area contributed by atoms with Crippen LogP contribution in [0.25, 0.3) is 0 Å². The Morgan fingerprint density at radius 2 is 2.20 bits per heavy atom. The third kappa shape index (κ3) is 2.92. The molecular formula is C15H22ClN3S. The van der Waals surface area contributed by atoms with Gasteiger partial charge in [0.15, 0.2) is 0 Å². The van der Waals surface area contributed by atoms with Crippen molar-refractivity contribution in [3.63, 3.8) is 0 Å². The predicted octanol–water partition coefficient (Wildman–Crippen LogP) is 3.99. The van der Waals surface area contributed by atoms with Crippen molar-refractivity contribution in [2.45, 2.75) is 46.2 Å². The van der Waals surface area contributed by atoms with Gasteiger partial charge in [-0.15, -0.1) is 11.3 Å². The van der Waals surface area contributed by atoms with E-state index >= 15 is 0 Å². The van der Waals surface area contributed by atoms with Crippen molar-refractivity contribution in [2.24, 2.45) is 0 Å². The van der Waals surface area contributed by atoms with Crippen LogP contribution in [-0.2, 0) is 19.4 Å². The summed E-state index contributed by atoms with van der Waals surface area (Å²) in [5, 5.41) is 10.9. The maximum atomic E-state index is 6.42. The maximum Gasteiger partial charge on any atom is 0.0847 e. The Bertz CT molecular complexity index is 574. The Morgan fingerprint density at radius 1 is 1.45 bits per heavy atom. The van der Waals surface area contributed by atoms with Gasteiger partial charge in [-0.3, -0.25) is 4.68 Å². The van der Waals surface area contributed by atoms with Gasteiger partial charge in [0.05, 0.1) is 16.4 Å². The molecule has 0 bridgehead atoms. The second kappa shape index (κ2) is 6.74. The molecule has 3 nitrogen and oxygen atoms in total. The van der Waals surface area contributed by atoms with Crippen molar-refractivity contribution in [1.29, 1.82) is 0 Å². The SMILES string of the molecule is CCc1ccsc1C(Cc1c(Cl)c(C)nn1CC)NC. The van der Waals surface area contributed by atoms with Crippen LogP contribution < -0.4 is 5.32 Å². The Balaban J connectivity index is 2.31. The minimum Gasteiger partial charge on any atom is -0.312 e. The van der Waals surface area contributed by atoms with Crippen molar-refractivity contribution in [1.82, 2.24) is 15.1 Å². The van der Waals surface area contributed by atoms with E-state index in [-0.39, 0.29) is 0 Å². The molecule has 1 N–H and O–H groups in total. The largest absolute Gasteiger partial charge is 0.312 e. The quantitative estimate of drug-likeness (QED) is 0.874. The molecule has 110 valence electrons. The fraction of sp³-hybridized carbons (Fsp3) is 0.533. The topological polar surface area (TPSA) is 29.9 Å². The fourth-order valence-electron chi connectivity index (χ4n) is 2.53. The van der Waals surface area contributed by atoms with E-state index in [1.165, 1.54) is 10.4 Å². The van der Waals surface area contributed by atoms with Crippen LogP contribution in [0.2, 0.25) is 5.02 Å². The number of aromatic nitrogens is 2. The Hall–Kier alpha value is -0.840. The number of thiophene rings is 1. The highest BCUT2D eigenvalue weighted by atomic mass is 35.5. The van der Waals surface area contributed by atoms with Crippen molar-refractivity contribution in [2.75, 3.05) is 7.05 Å². The number of aryl methyl sites for hydroxylation is 3. The van der Waals surface area contributed by atoms with E-state index in [4.69, 9.17) is 11.6 Å². The molecule has 0 aliphatic carbocycles. The van der Waals surface area contributed by atoms with Crippen LogP contribution in [0.1, 0.15) is 41.7 Å². The van der Waals surface area contributed by atoms with E-state index in [1.807, 2.05) is 30.0 Å². The van der Waals surface area contributed by atoms with Gasteiger partial charge >= 0.3 is 0 Å². The van der Waals surface area contributed by atoms with Crippen LogP contribution >= 0.6 is 22.9 Å². The Morgan fingerprint density at radius 3 is 2.80 bits per heavy atom. The van der Waals surface area contributed by atoms with Gasteiger partial charge in [0.25, 0.3) is 0 Å². The molecule has 2 aromatic heterocycles. The number of hydrogen-bond donors (Lipinski definition) is 1. The first kappa shape index (κ1) is 15.5. The minimum atomic E-state index is 0.295. The zero-order valence-electron chi connectivity index (χ0n) is 12.5. The summed E-state index contributed by atoms with van der Waals surface area (Å²) in [5.41, 5.74) is 3.46. The molecule has 1 unspecified atom stereocenters. The van der Waals surface area contributed by atoms with E-state index in [1.54, 1.807) is 0 Å². The molecule has 0 amide bonds. The average Bonchev–Trinajstić information content (AvgIpc) is 3.03. The summed E-state index contributed by atoms with van der Waals surface area (Å²) in [5.74, 6) is 0. The molecule has 5 heteroatoms. The van der Waals surface area contributed by atoms with Gasteiger partial charge < -0.3 is 5.32 Å². The highest BCUT2D eigenvalue weighted by Gasteiger charge is 2.20. The Kier molecular flexibility index (Phi) is 5.24. The highest BCUT2D eigenvalue weighted by molar-refractivity contribution is 7.10. The second-order valence-electron chi connectivity index (χ2n) is 4.87. The molecule has 0 aliphatic heterocycles. The second-order valence-corrected chi connectivity index (χ2v) is 6.20. The van der Waals surface area contributed by atoms with Crippen molar-refractivity contribution >= 4 is 22.9 Å². The molecule has 0 fully saturated rings. The number of halogens is 1. The van der Waals surface area contributed by atoms with Gasteiger partial charge in [0, 0.05) is 23.9 Å². The monoisotopic (exact) mass is 311 g/mol. The molecule has 2 rings (SSSR count). The number of nitrogens with one attached hydrogen (secondary N) is 1. The van der Waals surface area contributed by atoms with Crippen molar-refractivity contribution < 1.29 is 0 Å². The van der Waals surface area contributed by atoms with Crippen LogP contribution in [0.4, 0.5) is 0 Å². The van der Waals surface area contributed by atoms with Gasteiger partial charge in [-0.1, -0.05) is 18.5 Å². The van der Waals surface area contributed by atoms with Crippen LogP contribution in [-0.4, -0.2) is 16.8 Å². The van der Waals surface area contributed by atoms with Crippen LogP contribution in [0.5, 0.6) is 0 Å². The first-order valence-electron chi connectivity index (χ1n) is 7.07. The standard InChI is InChI=1S/C15H22ClN3S/c1-5-11-7-8-20-15(11)12(17-4)9-13-14(16)10(3)18-19(13)6-2/h7-8,12,17H,5-6,9H2,1-4H3. The maximum absolute atomic E-state index is 6.42. The van der Waals surface area contributed by atoms with Crippen molar-refractivity contribution in [3.8, 4) is 0 Å². The lowest BCUT2D eigenvalue weighted by Crippen LogP contribution is -2.20. The summed E-state index contributed by atoms with van der Waals surface area (Å²) in [7, 11) is 2.01. The predicted molar refractivity (Wildman–Crippen MR) is 86.8 cm³/mol. The molecule has 2 heterocycles.